The maximum Gasteiger partial charge on any atom is 0.102 e. The van der Waals surface area contributed by atoms with E-state index in [1.165, 1.54) is 5.56 Å². The number of hydrogen-bond acceptors (Lipinski definition) is 1. The molecule has 1 aliphatic rings. The molecule has 0 spiro atoms. The Labute approximate surface area is 82.5 Å². The number of rotatable bonds is 1. The van der Waals surface area contributed by atoms with Crippen LogP contribution in [0.2, 0.25) is 0 Å². The Bertz CT molecular complexity index is 260. The molecule has 1 aliphatic heterocycles. The zero-order valence-corrected chi connectivity index (χ0v) is 8.27. The van der Waals surface area contributed by atoms with Gasteiger partial charge in [0.2, 0.25) is 0 Å². The largest absolute Gasteiger partial charge is 0.247 e. The third-order valence-electron chi connectivity index (χ3n) is 2.39. The van der Waals surface area contributed by atoms with Crippen LogP contribution in [0.3, 0.4) is 0 Å². The van der Waals surface area contributed by atoms with E-state index < -0.39 is 6.17 Å². The van der Waals surface area contributed by atoms with Crippen LogP contribution in [-0.2, 0) is 0 Å². The highest BCUT2D eigenvalue weighted by atomic mass is 32.2. The van der Waals surface area contributed by atoms with E-state index in [-0.39, 0.29) is 0 Å². The Hall–Kier alpha value is -0.500. The van der Waals surface area contributed by atoms with Crippen molar-refractivity contribution in [3.8, 4) is 0 Å². The van der Waals surface area contributed by atoms with Gasteiger partial charge in [-0.05, 0) is 24.2 Å². The van der Waals surface area contributed by atoms with Gasteiger partial charge in [-0.3, -0.25) is 0 Å². The maximum absolute atomic E-state index is 13.1. The molecule has 0 nitrogen and oxygen atoms in total. The standard InChI is InChI=1S/C11H13FS/c12-10-6-7-13-11(8-10)9-4-2-1-3-5-9/h1-5,10-11H,6-8H2/t10-,11+/m1/s1. The van der Waals surface area contributed by atoms with Crippen molar-refractivity contribution in [3.05, 3.63) is 35.9 Å². The van der Waals surface area contributed by atoms with Gasteiger partial charge in [0.1, 0.15) is 6.17 Å². The van der Waals surface area contributed by atoms with Crippen molar-refractivity contribution < 1.29 is 4.39 Å². The first-order chi connectivity index (χ1) is 6.36. The van der Waals surface area contributed by atoms with Gasteiger partial charge < -0.3 is 0 Å². The van der Waals surface area contributed by atoms with Crippen molar-refractivity contribution in [2.24, 2.45) is 0 Å². The molecule has 0 amide bonds. The molecule has 0 radical (unpaired) electrons. The average Bonchev–Trinajstić information content (AvgIpc) is 2.19. The first kappa shape index (κ1) is 9.07. The molecule has 1 aromatic rings. The Morgan fingerprint density at radius 3 is 2.69 bits per heavy atom. The van der Waals surface area contributed by atoms with Gasteiger partial charge in [0, 0.05) is 5.25 Å². The van der Waals surface area contributed by atoms with Crippen LogP contribution in [0.4, 0.5) is 4.39 Å². The monoisotopic (exact) mass is 196 g/mol. The molecule has 1 saturated heterocycles. The fourth-order valence-corrected chi connectivity index (χ4v) is 3.03. The topological polar surface area (TPSA) is 0 Å². The van der Waals surface area contributed by atoms with Gasteiger partial charge in [0.25, 0.3) is 0 Å². The summed E-state index contributed by atoms with van der Waals surface area (Å²) in [6.07, 6.45) is 0.828. The van der Waals surface area contributed by atoms with Gasteiger partial charge in [0.05, 0.1) is 0 Å². The third-order valence-corrected chi connectivity index (χ3v) is 3.73. The smallest absolute Gasteiger partial charge is 0.102 e. The van der Waals surface area contributed by atoms with E-state index in [4.69, 9.17) is 0 Å². The average molecular weight is 196 g/mol. The molecule has 0 aromatic heterocycles. The lowest BCUT2D eigenvalue weighted by molar-refractivity contribution is 0.299. The summed E-state index contributed by atoms with van der Waals surface area (Å²) >= 11 is 1.88. The Morgan fingerprint density at radius 1 is 1.23 bits per heavy atom. The van der Waals surface area contributed by atoms with Crippen LogP contribution in [0, 0.1) is 0 Å². The summed E-state index contributed by atoms with van der Waals surface area (Å²) in [5.74, 6) is 0.959. The summed E-state index contributed by atoms with van der Waals surface area (Å²) in [4.78, 5) is 0. The summed E-state index contributed by atoms with van der Waals surface area (Å²) < 4.78 is 13.1. The number of hydrogen-bond donors (Lipinski definition) is 0. The molecule has 0 unspecified atom stereocenters. The molecule has 0 saturated carbocycles. The van der Waals surface area contributed by atoms with Crippen molar-refractivity contribution >= 4 is 11.8 Å². The minimum Gasteiger partial charge on any atom is -0.247 e. The summed E-state index contributed by atoms with van der Waals surface area (Å²) in [5, 5.41) is 0.380. The quantitative estimate of drug-likeness (QED) is 0.661. The fourth-order valence-electron chi connectivity index (χ4n) is 1.66. The lowest BCUT2D eigenvalue weighted by atomic mass is 10.1. The minimum atomic E-state index is -0.591. The van der Waals surface area contributed by atoms with Crippen LogP contribution < -0.4 is 0 Å². The second kappa shape index (κ2) is 4.14. The van der Waals surface area contributed by atoms with Gasteiger partial charge in [-0.2, -0.15) is 11.8 Å². The first-order valence-corrected chi connectivity index (χ1v) is 5.72. The molecule has 13 heavy (non-hydrogen) atoms. The number of halogens is 1. The summed E-state index contributed by atoms with van der Waals surface area (Å²) in [7, 11) is 0. The molecule has 1 aromatic carbocycles. The second-order valence-electron chi connectivity index (χ2n) is 3.39. The zero-order chi connectivity index (χ0) is 9.10. The van der Waals surface area contributed by atoms with Crippen molar-refractivity contribution in [1.82, 2.24) is 0 Å². The van der Waals surface area contributed by atoms with Gasteiger partial charge in [-0.25, -0.2) is 4.39 Å². The molecule has 2 atom stereocenters. The Morgan fingerprint density at radius 2 is 2.00 bits per heavy atom. The van der Waals surface area contributed by atoms with Crippen molar-refractivity contribution in [2.75, 3.05) is 5.75 Å². The van der Waals surface area contributed by atoms with E-state index in [1.54, 1.807) is 0 Å². The number of thioether (sulfide) groups is 1. The lowest BCUT2D eigenvalue weighted by Crippen LogP contribution is -2.13. The van der Waals surface area contributed by atoms with Crippen LogP contribution >= 0.6 is 11.8 Å². The molecule has 0 aliphatic carbocycles. The van der Waals surface area contributed by atoms with E-state index >= 15 is 0 Å². The molecular weight excluding hydrogens is 183 g/mol. The van der Waals surface area contributed by atoms with Crippen molar-refractivity contribution in [1.29, 1.82) is 0 Å². The van der Waals surface area contributed by atoms with Gasteiger partial charge in [-0.15, -0.1) is 0 Å². The van der Waals surface area contributed by atoms with Crippen LogP contribution in [0.25, 0.3) is 0 Å². The molecule has 0 bridgehead atoms. The van der Waals surface area contributed by atoms with Gasteiger partial charge >= 0.3 is 0 Å². The first-order valence-electron chi connectivity index (χ1n) is 4.67. The number of benzene rings is 1. The highest BCUT2D eigenvalue weighted by Gasteiger charge is 2.22. The SMILES string of the molecule is F[C@@H]1CCS[C@H](c2ccccc2)C1. The normalized spacial score (nSPS) is 28.7. The molecule has 2 heteroatoms. The van der Waals surface area contributed by atoms with E-state index in [2.05, 4.69) is 12.1 Å². The zero-order valence-electron chi connectivity index (χ0n) is 7.45. The lowest BCUT2D eigenvalue weighted by Gasteiger charge is -2.24. The summed E-state index contributed by atoms with van der Waals surface area (Å²) in [5.41, 5.74) is 1.27. The fraction of sp³-hybridized carbons (Fsp3) is 0.455. The third kappa shape index (κ3) is 2.25. The van der Waals surface area contributed by atoms with Crippen LogP contribution in [0.1, 0.15) is 23.7 Å². The molecule has 1 fully saturated rings. The molecular formula is C11H13FS. The van der Waals surface area contributed by atoms with Crippen LogP contribution in [0.15, 0.2) is 30.3 Å². The van der Waals surface area contributed by atoms with Crippen molar-refractivity contribution in [3.63, 3.8) is 0 Å². The summed E-state index contributed by atoms with van der Waals surface area (Å²) in [6, 6.07) is 10.2. The van der Waals surface area contributed by atoms with Crippen molar-refractivity contribution in [2.45, 2.75) is 24.3 Å². The maximum atomic E-state index is 13.1. The van der Waals surface area contributed by atoms with Gasteiger partial charge in [-0.1, -0.05) is 30.3 Å². The molecule has 0 N–H and O–H groups in total. The Kier molecular flexibility index (Phi) is 2.89. The van der Waals surface area contributed by atoms with Crippen LogP contribution in [-0.4, -0.2) is 11.9 Å². The van der Waals surface area contributed by atoms with Gasteiger partial charge in [0.15, 0.2) is 0 Å². The molecule has 2 rings (SSSR count). The predicted molar refractivity (Wildman–Crippen MR) is 55.8 cm³/mol. The minimum absolute atomic E-state index is 0.380. The highest BCUT2D eigenvalue weighted by Crippen LogP contribution is 2.39. The van der Waals surface area contributed by atoms with E-state index in [1.807, 2.05) is 30.0 Å². The molecule has 1 heterocycles. The van der Waals surface area contributed by atoms with E-state index in [0.29, 0.717) is 11.7 Å². The summed E-state index contributed by atoms with van der Waals surface area (Å²) in [6.45, 7) is 0. The highest BCUT2D eigenvalue weighted by molar-refractivity contribution is 7.99. The Balaban J connectivity index is 2.08. The predicted octanol–water partition coefficient (Wildman–Crippen LogP) is 3.59. The number of alkyl halides is 1. The molecule has 70 valence electrons. The van der Waals surface area contributed by atoms with E-state index in [0.717, 1.165) is 12.2 Å². The van der Waals surface area contributed by atoms with Crippen LogP contribution in [0.5, 0.6) is 0 Å². The van der Waals surface area contributed by atoms with E-state index in [9.17, 15) is 4.39 Å². The second-order valence-corrected chi connectivity index (χ2v) is 4.70.